The van der Waals surface area contributed by atoms with Crippen molar-refractivity contribution in [2.45, 2.75) is 116 Å². The molecule has 0 bridgehead atoms. The Morgan fingerprint density at radius 3 is 1.84 bits per heavy atom. The molecule has 7 heteroatoms. The maximum absolute atomic E-state index is 11.3. The van der Waals surface area contributed by atoms with Crippen LogP contribution < -0.4 is 5.73 Å². The number of nitrogens with two attached hydrogens (primary N) is 1. The molecule has 1 unspecified atom stereocenters. The monoisotopic (exact) mass is 459 g/mol. The molecular formula is C25H49NO6. The van der Waals surface area contributed by atoms with Crippen molar-refractivity contribution in [2.24, 2.45) is 11.7 Å². The van der Waals surface area contributed by atoms with Crippen molar-refractivity contribution in [1.82, 2.24) is 0 Å². The fourth-order valence-electron chi connectivity index (χ4n) is 2.99. The van der Waals surface area contributed by atoms with Crippen LogP contribution in [0.25, 0.3) is 0 Å². The van der Waals surface area contributed by atoms with Crippen LogP contribution in [0.4, 0.5) is 0 Å². The molecule has 0 saturated heterocycles. The Morgan fingerprint density at radius 1 is 0.938 bits per heavy atom. The average Bonchev–Trinajstić information content (AvgIpc) is 2.75. The van der Waals surface area contributed by atoms with Gasteiger partial charge in [-0.25, -0.2) is 4.79 Å². The zero-order valence-corrected chi connectivity index (χ0v) is 20.6. The van der Waals surface area contributed by atoms with Crippen LogP contribution in [0.1, 0.15) is 104 Å². The molecular weight excluding hydrogens is 410 g/mol. The van der Waals surface area contributed by atoms with Crippen molar-refractivity contribution in [2.75, 3.05) is 13.2 Å². The van der Waals surface area contributed by atoms with Crippen LogP contribution in [-0.2, 0) is 14.3 Å². The molecule has 0 aliphatic carbocycles. The number of aliphatic hydroxyl groups excluding tert-OH is 2. The van der Waals surface area contributed by atoms with Crippen LogP contribution >= 0.6 is 0 Å². The van der Waals surface area contributed by atoms with Gasteiger partial charge in [0.1, 0.15) is 18.8 Å². The summed E-state index contributed by atoms with van der Waals surface area (Å²) in [5.74, 6) is -1.01. The molecule has 0 aromatic rings. The number of carbonyl (C=O) groups excluding carboxylic acids is 1. The second kappa shape index (κ2) is 24.2. The van der Waals surface area contributed by atoms with E-state index in [4.69, 9.17) is 25.8 Å². The summed E-state index contributed by atoms with van der Waals surface area (Å²) in [5, 5.41) is 25.9. The standard InChI is InChI=1S/C19H36O4.C6H13NO2/c1-2-3-4-5-6-7-8-9-10-11-12-13-14-15-19(22)23-17-18(21)16-20;1-4(2)3-5(7)6(8)9/h14-15,18,20-21H,2-13,16-17H2,1H3;4-5H,3,7H2,1-2H3,(H,8,9)/t;5-/m.0/s1. The number of esters is 1. The molecule has 5 N–H and O–H groups in total. The number of unbranched alkanes of at least 4 members (excludes halogenated alkanes) is 11. The van der Waals surface area contributed by atoms with E-state index in [2.05, 4.69) is 6.92 Å². The van der Waals surface area contributed by atoms with Gasteiger partial charge in [0.25, 0.3) is 0 Å². The molecule has 0 spiro atoms. The van der Waals surface area contributed by atoms with Gasteiger partial charge in [0.15, 0.2) is 0 Å². The Kier molecular flexibility index (Phi) is 24.8. The van der Waals surface area contributed by atoms with Gasteiger partial charge in [-0.1, -0.05) is 91.1 Å². The number of carboxylic acids is 1. The van der Waals surface area contributed by atoms with E-state index in [0.29, 0.717) is 12.3 Å². The number of rotatable bonds is 19. The molecule has 0 aliphatic rings. The average molecular weight is 460 g/mol. The van der Waals surface area contributed by atoms with Gasteiger partial charge in [0.05, 0.1) is 6.61 Å². The highest BCUT2D eigenvalue weighted by atomic mass is 16.5. The molecule has 190 valence electrons. The number of aliphatic carboxylic acids is 1. The van der Waals surface area contributed by atoms with Gasteiger partial charge < -0.3 is 25.8 Å². The number of aliphatic hydroxyl groups is 2. The highest BCUT2D eigenvalue weighted by Crippen LogP contribution is 2.12. The van der Waals surface area contributed by atoms with Crippen molar-refractivity contribution in [1.29, 1.82) is 0 Å². The summed E-state index contributed by atoms with van der Waals surface area (Å²) in [4.78, 5) is 21.4. The minimum absolute atomic E-state index is 0.155. The summed E-state index contributed by atoms with van der Waals surface area (Å²) in [6.45, 7) is 5.60. The molecule has 32 heavy (non-hydrogen) atoms. The fourth-order valence-corrected chi connectivity index (χ4v) is 2.99. The minimum atomic E-state index is -0.987. The van der Waals surface area contributed by atoms with Crippen LogP contribution in [0.5, 0.6) is 0 Å². The van der Waals surface area contributed by atoms with E-state index in [9.17, 15) is 9.59 Å². The normalized spacial score (nSPS) is 13.0. The van der Waals surface area contributed by atoms with Crippen molar-refractivity contribution >= 4 is 11.9 Å². The van der Waals surface area contributed by atoms with Gasteiger partial charge in [-0.05, 0) is 25.2 Å². The zero-order chi connectivity index (χ0) is 24.6. The number of ether oxygens (including phenoxy) is 1. The Balaban J connectivity index is 0. The van der Waals surface area contributed by atoms with Crippen molar-refractivity contribution in [3.05, 3.63) is 12.2 Å². The van der Waals surface area contributed by atoms with Gasteiger partial charge in [-0.15, -0.1) is 0 Å². The van der Waals surface area contributed by atoms with E-state index < -0.39 is 30.7 Å². The summed E-state index contributed by atoms with van der Waals surface area (Å²) < 4.78 is 4.77. The number of carboxylic acid groups (broad SMARTS) is 1. The molecule has 0 saturated carbocycles. The first kappa shape index (κ1) is 32.7. The van der Waals surface area contributed by atoms with Gasteiger partial charge in [0.2, 0.25) is 0 Å². The SMILES string of the molecule is CC(C)C[C@H](N)C(=O)O.CCCCCCCCCCCCCC=CC(=O)OCC(O)CO. The Morgan fingerprint density at radius 2 is 1.44 bits per heavy atom. The largest absolute Gasteiger partial charge is 0.480 e. The van der Waals surface area contributed by atoms with Crippen LogP contribution in [0.15, 0.2) is 12.2 Å². The molecule has 0 aromatic carbocycles. The second-order valence-corrected chi connectivity index (χ2v) is 8.77. The molecule has 0 fully saturated rings. The number of allylic oxidation sites excluding steroid dienone is 1. The van der Waals surface area contributed by atoms with Gasteiger partial charge in [-0.2, -0.15) is 0 Å². The summed E-state index contributed by atoms with van der Waals surface area (Å²) in [6.07, 6.45) is 18.2. The zero-order valence-electron chi connectivity index (χ0n) is 20.6. The quantitative estimate of drug-likeness (QED) is 0.126. The number of carbonyl (C=O) groups is 2. The molecule has 2 atom stereocenters. The van der Waals surface area contributed by atoms with Gasteiger partial charge >= 0.3 is 11.9 Å². The van der Waals surface area contributed by atoms with Crippen LogP contribution in [0.3, 0.4) is 0 Å². The van der Waals surface area contributed by atoms with Crippen LogP contribution in [0.2, 0.25) is 0 Å². The predicted octanol–water partition coefficient (Wildman–Crippen LogP) is 4.58. The van der Waals surface area contributed by atoms with E-state index in [1.807, 2.05) is 19.9 Å². The molecule has 0 aromatic heterocycles. The lowest BCUT2D eigenvalue weighted by molar-refractivity contribution is -0.141. The van der Waals surface area contributed by atoms with Crippen LogP contribution in [0, 0.1) is 5.92 Å². The lowest BCUT2D eigenvalue weighted by Crippen LogP contribution is -2.31. The van der Waals surface area contributed by atoms with Crippen molar-refractivity contribution < 1.29 is 29.6 Å². The van der Waals surface area contributed by atoms with E-state index in [0.717, 1.165) is 12.8 Å². The minimum Gasteiger partial charge on any atom is -0.480 e. The molecule has 0 radical (unpaired) electrons. The van der Waals surface area contributed by atoms with Crippen molar-refractivity contribution in [3.8, 4) is 0 Å². The van der Waals surface area contributed by atoms with Crippen LogP contribution in [-0.4, -0.2) is 52.6 Å². The maximum atomic E-state index is 11.3. The smallest absolute Gasteiger partial charge is 0.330 e. The lowest BCUT2D eigenvalue weighted by atomic mass is 10.1. The van der Waals surface area contributed by atoms with E-state index in [1.54, 1.807) is 0 Å². The predicted molar refractivity (Wildman–Crippen MR) is 129 cm³/mol. The Bertz CT molecular complexity index is 467. The number of hydrogen-bond donors (Lipinski definition) is 4. The first-order valence-electron chi connectivity index (χ1n) is 12.3. The van der Waals surface area contributed by atoms with E-state index >= 15 is 0 Å². The highest BCUT2D eigenvalue weighted by Gasteiger charge is 2.12. The highest BCUT2D eigenvalue weighted by molar-refractivity contribution is 5.81. The van der Waals surface area contributed by atoms with E-state index in [1.165, 1.54) is 70.3 Å². The Hall–Kier alpha value is -1.44. The molecule has 0 aliphatic heterocycles. The third-order valence-electron chi connectivity index (χ3n) is 4.90. The van der Waals surface area contributed by atoms with Gasteiger partial charge in [-0.3, -0.25) is 4.79 Å². The third kappa shape index (κ3) is 26.6. The summed E-state index contributed by atoms with van der Waals surface area (Å²) in [5.41, 5.74) is 5.22. The number of hydrogen-bond acceptors (Lipinski definition) is 6. The van der Waals surface area contributed by atoms with E-state index in [-0.39, 0.29) is 6.61 Å². The van der Waals surface area contributed by atoms with Crippen molar-refractivity contribution in [3.63, 3.8) is 0 Å². The second-order valence-electron chi connectivity index (χ2n) is 8.77. The lowest BCUT2D eigenvalue weighted by Gasteiger charge is -2.07. The topological polar surface area (TPSA) is 130 Å². The molecule has 0 rings (SSSR count). The first-order chi connectivity index (χ1) is 15.2. The third-order valence-corrected chi connectivity index (χ3v) is 4.90. The maximum Gasteiger partial charge on any atom is 0.330 e. The summed E-state index contributed by atoms with van der Waals surface area (Å²) in [6, 6.07) is -0.690. The molecule has 7 nitrogen and oxygen atoms in total. The summed E-state index contributed by atoms with van der Waals surface area (Å²) in [7, 11) is 0. The van der Waals surface area contributed by atoms with Gasteiger partial charge in [0, 0.05) is 6.08 Å². The summed E-state index contributed by atoms with van der Waals surface area (Å²) >= 11 is 0. The molecule has 0 amide bonds. The first-order valence-corrected chi connectivity index (χ1v) is 12.3. The fraction of sp³-hybridized carbons (Fsp3) is 0.840. The Labute approximate surface area is 195 Å². The molecule has 0 heterocycles.